The molecule has 0 heterocycles. The molecule has 1 aromatic carbocycles. The van der Waals surface area contributed by atoms with Crippen molar-refractivity contribution in [2.45, 2.75) is 38.5 Å². The van der Waals surface area contributed by atoms with Crippen LogP contribution in [0.1, 0.15) is 44.1 Å². The van der Waals surface area contributed by atoms with Crippen LogP contribution < -0.4 is 0 Å². The number of benzene rings is 1. The number of halogens is 2. The Morgan fingerprint density at radius 1 is 0.875 bits per heavy atom. The lowest BCUT2D eigenvalue weighted by molar-refractivity contribution is 0.709. The van der Waals surface area contributed by atoms with E-state index in [9.17, 15) is 0 Å². The predicted molar refractivity (Wildman–Crippen MR) is 111 cm³/mol. The van der Waals surface area contributed by atoms with Crippen LogP contribution in [0.3, 0.4) is 0 Å². The molecule has 0 radical (unpaired) electrons. The SMILES string of the molecule is BrC1=CC(C#CCCCCCC#Cc2ccc(Br)cc2)=CC=CC1. The summed E-state index contributed by atoms with van der Waals surface area (Å²) < 4.78 is 2.27. The van der Waals surface area contributed by atoms with Gasteiger partial charge in [0.2, 0.25) is 0 Å². The van der Waals surface area contributed by atoms with Crippen molar-refractivity contribution in [2.75, 3.05) is 0 Å². The van der Waals surface area contributed by atoms with E-state index < -0.39 is 0 Å². The molecule has 0 unspecified atom stereocenters. The third kappa shape index (κ3) is 7.87. The molecular weight excluding hydrogens is 424 g/mol. The summed E-state index contributed by atoms with van der Waals surface area (Å²) in [6, 6.07) is 8.12. The second-order valence-corrected chi connectivity index (χ2v) is 7.45. The molecule has 122 valence electrons. The molecule has 1 aliphatic rings. The van der Waals surface area contributed by atoms with E-state index in [0.717, 1.165) is 47.7 Å². The maximum atomic E-state index is 3.54. The molecule has 0 saturated heterocycles. The van der Waals surface area contributed by atoms with Gasteiger partial charge < -0.3 is 0 Å². The minimum absolute atomic E-state index is 0.947. The van der Waals surface area contributed by atoms with Gasteiger partial charge in [-0.1, -0.05) is 74.1 Å². The van der Waals surface area contributed by atoms with Crippen molar-refractivity contribution in [3.63, 3.8) is 0 Å². The fourth-order valence-electron chi connectivity index (χ4n) is 2.17. The van der Waals surface area contributed by atoms with Crippen LogP contribution in [0.5, 0.6) is 0 Å². The van der Waals surface area contributed by atoms with Gasteiger partial charge >= 0.3 is 0 Å². The molecule has 0 fully saturated rings. The van der Waals surface area contributed by atoms with Crippen LogP contribution in [-0.2, 0) is 0 Å². The molecule has 0 aromatic heterocycles. The van der Waals surface area contributed by atoms with Gasteiger partial charge in [0.15, 0.2) is 0 Å². The number of allylic oxidation sites excluding steroid dienone is 6. The van der Waals surface area contributed by atoms with Gasteiger partial charge in [-0.25, -0.2) is 0 Å². The topological polar surface area (TPSA) is 0 Å². The molecule has 1 aliphatic carbocycles. The van der Waals surface area contributed by atoms with Crippen LogP contribution in [-0.4, -0.2) is 0 Å². The second-order valence-electron chi connectivity index (χ2n) is 5.52. The molecule has 24 heavy (non-hydrogen) atoms. The summed E-state index contributed by atoms with van der Waals surface area (Å²) in [6.07, 6.45) is 14.7. The minimum Gasteiger partial charge on any atom is -0.0979 e. The van der Waals surface area contributed by atoms with E-state index in [1.54, 1.807) is 0 Å². The van der Waals surface area contributed by atoms with Crippen molar-refractivity contribution in [1.29, 1.82) is 0 Å². The van der Waals surface area contributed by atoms with Gasteiger partial charge in [-0.3, -0.25) is 0 Å². The van der Waals surface area contributed by atoms with E-state index in [1.165, 1.54) is 10.9 Å². The highest BCUT2D eigenvalue weighted by Crippen LogP contribution is 2.17. The zero-order valence-corrected chi connectivity index (χ0v) is 16.8. The summed E-state index contributed by atoms with van der Waals surface area (Å²) in [5.41, 5.74) is 2.16. The third-order valence-corrected chi connectivity index (χ3v) is 4.53. The van der Waals surface area contributed by atoms with Gasteiger partial charge in [0.1, 0.15) is 0 Å². The van der Waals surface area contributed by atoms with Crippen molar-refractivity contribution >= 4 is 31.9 Å². The average molecular weight is 444 g/mol. The van der Waals surface area contributed by atoms with E-state index in [-0.39, 0.29) is 0 Å². The van der Waals surface area contributed by atoms with Crippen molar-refractivity contribution < 1.29 is 0 Å². The van der Waals surface area contributed by atoms with Crippen LogP contribution in [0.2, 0.25) is 0 Å². The van der Waals surface area contributed by atoms with Crippen molar-refractivity contribution in [2.24, 2.45) is 0 Å². The molecule has 1 aromatic rings. The molecule has 0 saturated carbocycles. The highest BCUT2D eigenvalue weighted by atomic mass is 79.9. The Morgan fingerprint density at radius 2 is 1.58 bits per heavy atom. The lowest BCUT2D eigenvalue weighted by Gasteiger charge is -1.94. The largest absolute Gasteiger partial charge is 0.0979 e. The first-order chi connectivity index (χ1) is 11.7. The lowest BCUT2D eigenvalue weighted by Crippen LogP contribution is -1.78. The molecule has 0 nitrogen and oxygen atoms in total. The molecule has 0 spiro atoms. The highest BCUT2D eigenvalue weighted by molar-refractivity contribution is 9.11. The maximum Gasteiger partial charge on any atom is 0.0253 e. The molecule has 0 N–H and O–H groups in total. The summed E-state index contributed by atoms with van der Waals surface area (Å²) in [5, 5.41) is 0. The summed E-state index contributed by atoms with van der Waals surface area (Å²) in [5.74, 6) is 13.0. The molecule has 0 atom stereocenters. The van der Waals surface area contributed by atoms with Crippen molar-refractivity contribution in [3.8, 4) is 23.7 Å². The Bertz CT molecular complexity index is 741. The van der Waals surface area contributed by atoms with Crippen molar-refractivity contribution in [1.82, 2.24) is 0 Å². The number of hydrogen-bond donors (Lipinski definition) is 0. The summed E-state index contributed by atoms with van der Waals surface area (Å²) in [7, 11) is 0. The molecular formula is C22H20Br2. The van der Waals surface area contributed by atoms with Gasteiger partial charge in [0.05, 0.1) is 0 Å². The first kappa shape index (κ1) is 18.9. The van der Waals surface area contributed by atoms with Crippen LogP contribution in [0, 0.1) is 23.7 Å². The van der Waals surface area contributed by atoms with Crippen LogP contribution in [0.15, 0.2) is 63.1 Å². The van der Waals surface area contributed by atoms with Crippen LogP contribution in [0.4, 0.5) is 0 Å². The monoisotopic (exact) mass is 442 g/mol. The molecule has 2 rings (SSSR count). The Morgan fingerprint density at radius 3 is 2.33 bits per heavy atom. The fourth-order valence-corrected chi connectivity index (χ4v) is 2.87. The first-order valence-electron chi connectivity index (χ1n) is 8.20. The molecule has 0 bridgehead atoms. The number of rotatable bonds is 4. The zero-order valence-electron chi connectivity index (χ0n) is 13.6. The second kappa shape index (κ2) is 11.1. The molecule has 2 heteroatoms. The molecule has 0 aliphatic heterocycles. The highest BCUT2D eigenvalue weighted by Gasteiger charge is 1.94. The molecule has 0 amide bonds. The van der Waals surface area contributed by atoms with E-state index in [1.807, 2.05) is 24.3 Å². The van der Waals surface area contributed by atoms with Gasteiger partial charge in [-0.05, 0) is 55.7 Å². The van der Waals surface area contributed by atoms with Crippen LogP contribution >= 0.6 is 31.9 Å². The first-order valence-corrected chi connectivity index (χ1v) is 9.79. The van der Waals surface area contributed by atoms with Gasteiger partial charge in [-0.15, -0.1) is 0 Å². The number of hydrogen-bond acceptors (Lipinski definition) is 0. The summed E-state index contributed by atoms with van der Waals surface area (Å²) in [4.78, 5) is 0. The van der Waals surface area contributed by atoms with Gasteiger partial charge in [0, 0.05) is 32.9 Å². The predicted octanol–water partition coefficient (Wildman–Crippen LogP) is 6.92. The quantitative estimate of drug-likeness (QED) is 0.350. The van der Waals surface area contributed by atoms with E-state index in [0.29, 0.717) is 0 Å². The van der Waals surface area contributed by atoms with E-state index in [4.69, 9.17) is 0 Å². The van der Waals surface area contributed by atoms with Gasteiger partial charge in [-0.2, -0.15) is 0 Å². The van der Waals surface area contributed by atoms with Gasteiger partial charge in [0.25, 0.3) is 0 Å². The van der Waals surface area contributed by atoms with E-state index in [2.05, 4.69) is 79.8 Å². The minimum atomic E-state index is 0.947. The maximum absolute atomic E-state index is 3.54. The number of unbranched alkanes of at least 4 members (excludes halogenated alkanes) is 4. The van der Waals surface area contributed by atoms with Crippen molar-refractivity contribution in [3.05, 3.63) is 68.7 Å². The Hall–Kier alpha value is -1.48. The average Bonchev–Trinajstić information content (AvgIpc) is 2.79. The lowest BCUT2D eigenvalue weighted by atomic mass is 10.1. The summed E-state index contributed by atoms with van der Waals surface area (Å²) in [6.45, 7) is 0. The smallest absolute Gasteiger partial charge is 0.0253 e. The van der Waals surface area contributed by atoms with E-state index >= 15 is 0 Å². The zero-order chi connectivity index (χ0) is 17.0. The Labute approximate surface area is 162 Å². The summed E-state index contributed by atoms with van der Waals surface area (Å²) >= 11 is 6.97. The van der Waals surface area contributed by atoms with Crippen LogP contribution in [0.25, 0.3) is 0 Å². The Kier molecular flexibility index (Phi) is 8.75. The standard InChI is InChI=1S/C22H20Br2/c23-21-16-14-19(15-17-21)10-6-4-2-1-3-5-7-11-20-12-8-9-13-22(24)18-20/h8-9,12,14-18H,1-5,13H2. The normalized spacial score (nSPS) is 12.9. The third-order valence-electron chi connectivity index (χ3n) is 3.45. The Balaban J connectivity index is 1.62. The fraction of sp³-hybridized carbons (Fsp3) is 0.273.